The molecular formula is C21H31N5O3. The summed E-state index contributed by atoms with van der Waals surface area (Å²) in [4.78, 5) is 25.1. The number of hydrogen-bond acceptors (Lipinski definition) is 7. The van der Waals surface area contributed by atoms with E-state index in [1.54, 1.807) is 17.3 Å². The highest BCUT2D eigenvalue weighted by atomic mass is 16.6. The molecule has 158 valence electrons. The Labute approximate surface area is 172 Å². The number of pyridine rings is 1. The van der Waals surface area contributed by atoms with Gasteiger partial charge in [0, 0.05) is 31.5 Å². The Bertz CT molecular complexity index is 752. The Balaban J connectivity index is 1.76. The molecule has 0 N–H and O–H groups in total. The SMILES string of the molecule is CCCN(C1CCN(C(=O)OC(C)(C)C)CC1)C(c1ccncc1)c1ncno1. The maximum atomic E-state index is 12.4. The second-order valence-electron chi connectivity index (χ2n) is 8.40. The standard InChI is InChI=1S/C21H31N5O3/c1-5-12-26(17-8-13-25(14-9-17)20(27)28-21(2,3)4)18(19-23-15-24-29-19)16-6-10-22-11-7-16/h6-7,10-11,15,17-18H,5,8-9,12-14H2,1-4H3. The summed E-state index contributed by atoms with van der Waals surface area (Å²) in [5, 5.41) is 3.83. The third kappa shape index (κ3) is 5.53. The van der Waals surface area contributed by atoms with Crippen LogP contribution in [0.25, 0.3) is 0 Å². The van der Waals surface area contributed by atoms with Crippen molar-refractivity contribution in [3.05, 3.63) is 42.3 Å². The maximum Gasteiger partial charge on any atom is 0.410 e. The smallest absolute Gasteiger partial charge is 0.410 e. The average Bonchev–Trinajstić information content (AvgIpc) is 3.22. The summed E-state index contributed by atoms with van der Waals surface area (Å²) in [7, 11) is 0. The van der Waals surface area contributed by atoms with Crippen molar-refractivity contribution in [2.45, 2.75) is 64.6 Å². The summed E-state index contributed by atoms with van der Waals surface area (Å²) < 4.78 is 11.0. The first kappa shape index (κ1) is 21.2. The van der Waals surface area contributed by atoms with Gasteiger partial charge in [0.25, 0.3) is 0 Å². The zero-order valence-electron chi connectivity index (χ0n) is 17.7. The van der Waals surface area contributed by atoms with Crippen LogP contribution in [-0.2, 0) is 4.74 Å². The number of rotatable bonds is 6. The second kappa shape index (κ2) is 9.35. The Kier molecular flexibility index (Phi) is 6.84. The number of likely N-dealkylation sites (tertiary alicyclic amines) is 1. The van der Waals surface area contributed by atoms with Gasteiger partial charge < -0.3 is 14.2 Å². The molecule has 8 nitrogen and oxygen atoms in total. The Hall–Kier alpha value is -2.48. The van der Waals surface area contributed by atoms with E-state index < -0.39 is 5.60 Å². The molecule has 0 aliphatic carbocycles. The van der Waals surface area contributed by atoms with Gasteiger partial charge in [-0.05, 0) is 64.3 Å². The molecular weight excluding hydrogens is 370 g/mol. The number of nitrogens with zero attached hydrogens (tertiary/aromatic N) is 5. The van der Waals surface area contributed by atoms with Crippen LogP contribution >= 0.6 is 0 Å². The molecule has 1 saturated heterocycles. The molecule has 8 heteroatoms. The maximum absolute atomic E-state index is 12.4. The van der Waals surface area contributed by atoms with Crippen LogP contribution in [-0.4, -0.2) is 62.3 Å². The monoisotopic (exact) mass is 401 g/mol. The van der Waals surface area contributed by atoms with Crippen molar-refractivity contribution in [2.24, 2.45) is 0 Å². The van der Waals surface area contributed by atoms with Gasteiger partial charge in [-0.3, -0.25) is 9.88 Å². The Morgan fingerprint density at radius 3 is 2.55 bits per heavy atom. The quantitative estimate of drug-likeness (QED) is 0.730. The van der Waals surface area contributed by atoms with E-state index in [1.165, 1.54) is 6.33 Å². The van der Waals surface area contributed by atoms with E-state index >= 15 is 0 Å². The lowest BCUT2D eigenvalue weighted by Gasteiger charge is -2.41. The minimum absolute atomic E-state index is 0.126. The van der Waals surface area contributed by atoms with Gasteiger partial charge >= 0.3 is 6.09 Å². The van der Waals surface area contributed by atoms with Crippen LogP contribution in [0.15, 0.2) is 35.4 Å². The zero-order chi connectivity index (χ0) is 20.9. The molecule has 29 heavy (non-hydrogen) atoms. The number of hydrogen-bond donors (Lipinski definition) is 0. The largest absolute Gasteiger partial charge is 0.444 e. The van der Waals surface area contributed by atoms with E-state index in [-0.39, 0.29) is 12.1 Å². The fourth-order valence-electron chi connectivity index (χ4n) is 3.81. The summed E-state index contributed by atoms with van der Waals surface area (Å²) in [6, 6.07) is 4.16. The van der Waals surface area contributed by atoms with Crippen LogP contribution in [0, 0.1) is 0 Å². The predicted octanol–water partition coefficient (Wildman–Crippen LogP) is 3.67. The number of aromatic nitrogens is 3. The first-order valence-electron chi connectivity index (χ1n) is 10.3. The molecule has 1 aliphatic heterocycles. The predicted molar refractivity (Wildman–Crippen MR) is 108 cm³/mol. The van der Waals surface area contributed by atoms with Crippen molar-refractivity contribution in [2.75, 3.05) is 19.6 Å². The number of carbonyl (C=O) groups excluding carboxylic acids is 1. The molecule has 1 fully saturated rings. The van der Waals surface area contributed by atoms with Crippen LogP contribution in [0.3, 0.4) is 0 Å². The summed E-state index contributed by atoms with van der Waals surface area (Å²) in [6.45, 7) is 10.1. The second-order valence-corrected chi connectivity index (χ2v) is 8.40. The topological polar surface area (TPSA) is 84.6 Å². The van der Waals surface area contributed by atoms with Crippen molar-refractivity contribution < 1.29 is 14.1 Å². The van der Waals surface area contributed by atoms with Gasteiger partial charge in [-0.2, -0.15) is 4.98 Å². The van der Waals surface area contributed by atoms with Crippen LogP contribution in [0.1, 0.15) is 64.5 Å². The van der Waals surface area contributed by atoms with Gasteiger partial charge in [-0.1, -0.05) is 12.1 Å². The van der Waals surface area contributed by atoms with Crippen molar-refractivity contribution >= 4 is 6.09 Å². The molecule has 0 spiro atoms. The molecule has 1 aliphatic rings. The zero-order valence-corrected chi connectivity index (χ0v) is 17.7. The van der Waals surface area contributed by atoms with E-state index in [0.29, 0.717) is 25.0 Å². The number of ether oxygens (including phenoxy) is 1. The molecule has 2 aromatic rings. The summed E-state index contributed by atoms with van der Waals surface area (Å²) >= 11 is 0. The molecule has 1 atom stereocenters. The molecule has 3 heterocycles. The van der Waals surface area contributed by atoms with Gasteiger partial charge in [0.2, 0.25) is 5.89 Å². The van der Waals surface area contributed by atoms with Crippen molar-refractivity contribution in [1.29, 1.82) is 0 Å². The highest BCUT2D eigenvalue weighted by molar-refractivity contribution is 5.68. The lowest BCUT2D eigenvalue weighted by Crippen LogP contribution is -2.49. The normalized spacial score (nSPS) is 16.8. The number of amides is 1. The van der Waals surface area contributed by atoms with Crippen LogP contribution in [0.2, 0.25) is 0 Å². The van der Waals surface area contributed by atoms with E-state index in [9.17, 15) is 4.79 Å². The van der Waals surface area contributed by atoms with Gasteiger partial charge in [0.1, 0.15) is 11.6 Å². The van der Waals surface area contributed by atoms with Gasteiger partial charge in [0.15, 0.2) is 6.33 Å². The molecule has 3 rings (SSSR count). The molecule has 1 amide bonds. The fourth-order valence-corrected chi connectivity index (χ4v) is 3.81. The van der Waals surface area contributed by atoms with Crippen LogP contribution < -0.4 is 0 Å². The molecule has 0 radical (unpaired) electrons. The minimum Gasteiger partial charge on any atom is -0.444 e. The van der Waals surface area contributed by atoms with E-state index in [1.807, 2.05) is 32.9 Å². The van der Waals surface area contributed by atoms with Crippen molar-refractivity contribution in [1.82, 2.24) is 24.9 Å². The molecule has 0 bridgehead atoms. The van der Waals surface area contributed by atoms with Gasteiger partial charge in [-0.25, -0.2) is 4.79 Å². The highest BCUT2D eigenvalue weighted by Crippen LogP contribution is 2.32. The van der Waals surface area contributed by atoms with Crippen LogP contribution in [0.4, 0.5) is 4.79 Å². The van der Waals surface area contributed by atoms with Gasteiger partial charge in [-0.15, -0.1) is 0 Å². The van der Waals surface area contributed by atoms with Crippen molar-refractivity contribution in [3.63, 3.8) is 0 Å². The summed E-state index contributed by atoms with van der Waals surface area (Å²) in [6.07, 6.45) is 7.52. The van der Waals surface area contributed by atoms with Crippen molar-refractivity contribution in [3.8, 4) is 0 Å². The third-order valence-corrected chi connectivity index (χ3v) is 5.03. The lowest BCUT2D eigenvalue weighted by molar-refractivity contribution is 0.0109. The molecule has 0 saturated carbocycles. The highest BCUT2D eigenvalue weighted by Gasteiger charge is 2.35. The van der Waals surface area contributed by atoms with E-state index in [4.69, 9.17) is 9.26 Å². The number of piperidine rings is 1. The summed E-state index contributed by atoms with van der Waals surface area (Å²) in [5.74, 6) is 0.583. The fraction of sp³-hybridized carbons (Fsp3) is 0.619. The average molecular weight is 402 g/mol. The molecule has 1 unspecified atom stereocenters. The third-order valence-electron chi connectivity index (χ3n) is 5.03. The Morgan fingerprint density at radius 1 is 1.31 bits per heavy atom. The van der Waals surface area contributed by atoms with Crippen LogP contribution in [0.5, 0.6) is 0 Å². The Morgan fingerprint density at radius 2 is 2.00 bits per heavy atom. The first-order chi connectivity index (χ1) is 13.9. The van der Waals surface area contributed by atoms with E-state index in [0.717, 1.165) is 31.4 Å². The number of carbonyl (C=O) groups is 1. The summed E-state index contributed by atoms with van der Waals surface area (Å²) in [5.41, 5.74) is 0.597. The van der Waals surface area contributed by atoms with Gasteiger partial charge in [0.05, 0.1) is 0 Å². The molecule has 0 aromatic carbocycles. The first-order valence-corrected chi connectivity index (χ1v) is 10.3. The minimum atomic E-state index is -0.480. The molecule has 2 aromatic heterocycles. The lowest BCUT2D eigenvalue weighted by atomic mass is 9.97. The van der Waals surface area contributed by atoms with E-state index in [2.05, 4.69) is 26.9 Å².